The number of ketones is 1. The van der Waals surface area contributed by atoms with Crippen LogP contribution in [0.25, 0.3) is 0 Å². The number of carbonyl (C=O) groups is 1. The second-order valence-corrected chi connectivity index (χ2v) is 6.59. The molecule has 0 saturated heterocycles. The van der Waals surface area contributed by atoms with Crippen molar-refractivity contribution in [3.05, 3.63) is 59.7 Å². The number of fused-ring (bicyclic) bond motifs is 1. The highest BCUT2D eigenvalue weighted by atomic mass is 16.5. The van der Waals surface area contributed by atoms with Gasteiger partial charge in [0, 0.05) is 11.3 Å². The lowest BCUT2D eigenvalue weighted by molar-refractivity contribution is 0.0748. The van der Waals surface area contributed by atoms with E-state index in [4.69, 9.17) is 9.47 Å². The molecule has 2 aromatic rings. The summed E-state index contributed by atoms with van der Waals surface area (Å²) in [6.45, 7) is 4.21. The van der Waals surface area contributed by atoms with Crippen LogP contribution < -0.4 is 9.47 Å². The van der Waals surface area contributed by atoms with Crippen molar-refractivity contribution in [2.45, 2.75) is 25.4 Å². The molecule has 1 spiro atoms. The lowest BCUT2D eigenvalue weighted by Gasteiger charge is -2.12. The Morgan fingerprint density at radius 1 is 1.05 bits per heavy atom. The van der Waals surface area contributed by atoms with Crippen LogP contribution >= 0.6 is 0 Å². The van der Waals surface area contributed by atoms with Gasteiger partial charge >= 0.3 is 0 Å². The molecule has 2 aromatic carbocycles. The van der Waals surface area contributed by atoms with Crippen molar-refractivity contribution in [3.63, 3.8) is 0 Å². The molecule has 0 aromatic heterocycles. The molecule has 4 rings (SSSR count). The van der Waals surface area contributed by atoms with Gasteiger partial charge in [-0.05, 0) is 29.8 Å². The highest BCUT2D eigenvalue weighted by Gasteiger charge is 2.80. The van der Waals surface area contributed by atoms with E-state index < -0.39 is 5.60 Å². The zero-order chi connectivity index (χ0) is 15.5. The molecule has 3 nitrogen and oxygen atoms in total. The van der Waals surface area contributed by atoms with E-state index in [9.17, 15) is 4.79 Å². The zero-order valence-corrected chi connectivity index (χ0v) is 12.9. The van der Waals surface area contributed by atoms with Gasteiger partial charge in [-0.1, -0.05) is 38.1 Å². The molecule has 0 N–H and O–H groups in total. The standard InChI is InChI=1S/C19H18O3/c1-18(2)16(12-8-10-13(21-3)11-9-12)19(18)17(20)14-6-4-5-7-15(14)22-19/h4-11,16H,1-3H3/t16-,19+/m0/s1. The molecule has 0 bridgehead atoms. The average Bonchev–Trinajstić information content (AvgIpc) is 2.86. The Morgan fingerprint density at radius 2 is 1.73 bits per heavy atom. The van der Waals surface area contributed by atoms with Gasteiger partial charge in [0.2, 0.25) is 5.78 Å². The lowest BCUT2D eigenvalue weighted by Crippen LogP contribution is -2.29. The molecule has 0 amide bonds. The summed E-state index contributed by atoms with van der Waals surface area (Å²) in [5.41, 5.74) is 0.835. The van der Waals surface area contributed by atoms with Gasteiger partial charge in [-0.15, -0.1) is 0 Å². The second-order valence-electron chi connectivity index (χ2n) is 6.59. The van der Waals surface area contributed by atoms with Gasteiger partial charge in [-0.25, -0.2) is 0 Å². The first-order valence-electron chi connectivity index (χ1n) is 7.49. The Balaban J connectivity index is 1.76. The quantitative estimate of drug-likeness (QED) is 0.844. The number of Topliss-reactive ketones (excluding diaryl/α,β-unsaturated/α-hetero) is 1. The molecule has 1 aliphatic carbocycles. The highest BCUT2D eigenvalue weighted by molar-refractivity contribution is 6.11. The minimum atomic E-state index is -0.759. The number of para-hydroxylation sites is 1. The molecular formula is C19H18O3. The molecule has 1 fully saturated rings. The summed E-state index contributed by atoms with van der Waals surface area (Å²) in [5.74, 6) is 1.69. The maximum atomic E-state index is 13.0. The SMILES string of the molecule is COc1ccc([C@H]2C(C)(C)[C@@]23Oc2ccccc2C3=O)cc1. The van der Waals surface area contributed by atoms with E-state index in [-0.39, 0.29) is 17.1 Å². The summed E-state index contributed by atoms with van der Waals surface area (Å²) in [4.78, 5) is 13.0. The molecule has 0 unspecified atom stereocenters. The summed E-state index contributed by atoms with van der Waals surface area (Å²) in [6, 6.07) is 15.4. The van der Waals surface area contributed by atoms with Crippen LogP contribution in [0.4, 0.5) is 0 Å². The van der Waals surface area contributed by atoms with Crippen molar-refractivity contribution >= 4 is 5.78 Å². The first-order valence-corrected chi connectivity index (χ1v) is 7.49. The van der Waals surface area contributed by atoms with Crippen LogP contribution in [0.2, 0.25) is 0 Å². The van der Waals surface area contributed by atoms with Crippen molar-refractivity contribution in [1.82, 2.24) is 0 Å². The fraction of sp³-hybridized carbons (Fsp3) is 0.316. The second kappa shape index (κ2) is 4.13. The van der Waals surface area contributed by atoms with E-state index in [0.717, 1.165) is 11.3 Å². The first-order chi connectivity index (χ1) is 10.5. The van der Waals surface area contributed by atoms with Crippen LogP contribution in [0.5, 0.6) is 11.5 Å². The zero-order valence-electron chi connectivity index (χ0n) is 12.9. The number of ether oxygens (including phenoxy) is 2. The number of carbonyl (C=O) groups excluding carboxylic acids is 1. The van der Waals surface area contributed by atoms with Gasteiger partial charge in [0.1, 0.15) is 11.5 Å². The normalized spacial score (nSPS) is 27.4. The first kappa shape index (κ1) is 13.4. The fourth-order valence-corrected chi connectivity index (χ4v) is 3.95. The van der Waals surface area contributed by atoms with Gasteiger partial charge in [0.05, 0.1) is 12.7 Å². The molecule has 2 atom stereocenters. The van der Waals surface area contributed by atoms with E-state index in [0.29, 0.717) is 11.3 Å². The molecule has 1 heterocycles. The predicted octanol–water partition coefficient (Wildman–Crippen LogP) is 3.83. The Bertz CT molecular complexity index is 761. The van der Waals surface area contributed by atoms with Gasteiger partial charge in [0.15, 0.2) is 5.60 Å². The Kier molecular flexibility index (Phi) is 2.51. The van der Waals surface area contributed by atoms with Gasteiger partial charge in [0.25, 0.3) is 0 Å². The molecule has 22 heavy (non-hydrogen) atoms. The molecular weight excluding hydrogens is 276 g/mol. The van der Waals surface area contributed by atoms with Gasteiger partial charge in [-0.2, -0.15) is 0 Å². The monoisotopic (exact) mass is 294 g/mol. The maximum absolute atomic E-state index is 13.0. The minimum absolute atomic E-state index is 0.0609. The van der Waals surface area contributed by atoms with Crippen LogP contribution in [0.3, 0.4) is 0 Å². The highest BCUT2D eigenvalue weighted by Crippen LogP contribution is 2.72. The minimum Gasteiger partial charge on any atom is -0.497 e. The lowest BCUT2D eigenvalue weighted by atomic mass is 10.0. The number of hydrogen-bond acceptors (Lipinski definition) is 3. The smallest absolute Gasteiger partial charge is 0.211 e. The number of hydrogen-bond donors (Lipinski definition) is 0. The van der Waals surface area contributed by atoms with Crippen LogP contribution in [-0.4, -0.2) is 18.5 Å². The van der Waals surface area contributed by atoms with E-state index in [1.54, 1.807) is 7.11 Å². The summed E-state index contributed by atoms with van der Waals surface area (Å²) >= 11 is 0. The Labute approximate surface area is 129 Å². The third-order valence-electron chi connectivity index (χ3n) is 5.19. The summed E-state index contributed by atoms with van der Waals surface area (Å²) in [7, 11) is 1.65. The summed E-state index contributed by atoms with van der Waals surface area (Å²) < 4.78 is 11.4. The molecule has 1 saturated carbocycles. The largest absolute Gasteiger partial charge is 0.497 e. The number of rotatable bonds is 2. The van der Waals surface area contributed by atoms with E-state index >= 15 is 0 Å². The van der Waals surface area contributed by atoms with E-state index in [1.807, 2.05) is 48.5 Å². The van der Waals surface area contributed by atoms with Crippen molar-refractivity contribution in [1.29, 1.82) is 0 Å². The Hall–Kier alpha value is -2.29. The van der Waals surface area contributed by atoms with Crippen LogP contribution in [-0.2, 0) is 0 Å². The molecule has 112 valence electrons. The molecule has 2 aliphatic rings. The summed E-state index contributed by atoms with van der Waals surface area (Å²) in [6.07, 6.45) is 0. The van der Waals surface area contributed by atoms with Crippen molar-refractivity contribution in [3.8, 4) is 11.5 Å². The van der Waals surface area contributed by atoms with Crippen molar-refractivity contribution in [2.24, 2.45) is 5.41 Å². The number of benzene rings is 2. The molecule has 3 heteroatoms. The number of methoxy groups -OCH3 is 1. The predicted molar refractivity (Wildman–Crippen MR) is 83.6 cm³/mol. The fourth-order valence-electron chi connectivity index (χ4n) is 3.95. The van der Waals surface area contributed by atoms with E-state index in [1.165, 1.54) is 0 Å². The van der Waals surface area contributed by atoms with Crippen LogP contribution in [0.1, 0.15) is 35.7 Å². The molecule has 1 aliphatic heterocycles. The van der Waals surface area contributed by atoms with E-state index in [2.05, 4.69) is 13.8 Å². The third kappa shape index (κ3) is 1.43. The summed E-state index contributed by atoms with van der Waals surface area (Å²) in [5, 5.41) is 0. The van der Waals surface area contributed by atoms with Crippen LogP contribution in [0, 0.1) is 5.41 Å². The Morgan fingerprint density at radius 3 is 2.36 bits per heavy atom. The van der Waals surface area contributed by atoms with Gasteiger partial charge < -0.3 is 9.47 Å². The topological polar surface area (TPSA) is 35.5 Å². The molecule has 0 radical (unpaired) electrons. The van der Waals surface area contributed by atoms with Crippen molar-refractivity contribution < 1.29 is 14.3 Å². The van der Waals surface area contributed by atoms with Crippen molar-refractivity contribution in [2.75, 3.05) is 7.11 Å². The third-order valence-corrected chi connectivity index (χ3v) is 5.19. The average molecular weight is 294 g/mol. The maximum Gasteiger partial charge on any atom is 0.211 e. The van der Waals surface area contributed by atoms with Crippen LogP contribution in [0.15, 0.2) is 48.5 Å². The van der Waals surface area contributed by atoms with Gasteiger partial charge in [-0.3, -0.25) is 4.79 Å².